The summed E-state index contributed by atoms with van der Waals surface area (Å²) < 4.78 is 2.16. The van der Waals surface area contributed by atoms with Crippen LogP contribution in [-0.4, -0.2) is 32.9 Å². The second-order valence-electron chi connectivity index (χ2n) is 6.10. The van der Waals surface area contributed by atoms with Gasteiger partial charge in [0.25, 0.3) is 0 Å². The van der Waals surface area contributed by atoms with E-state index in [0.29, 0.717) is 12.6 Å². The van der Waals surface area contributed by atoms with Crippen LogP contribution in [0.1, 0.15) is 30.3 Å². The lowest BCUT2D eigenvalue weighted by molar-refractivity contribution is -0.127. The monoisotopic (exact) mass is 296 g/mol. The topological polar surface area (TPSA) is 50.2 Å². The first-order chi connectivity index (χ1) is 10.8. The molecule has 1 aliphatic heterocycles. The molecule has 1 atom stereocenters. The van der Waals surface area contributed by atoms with Crippen LogP contribution in [0.2, 0.25) is 0 Å². The number of amides is 1. The largest absolute Gasteiger partial charge is 0.352 e. The molecule has 1 fully saturated rings. The molecule has 5 nitrogen and oxygen atoms in total. The molecule has 2 aliphatic rings. The molecule has 114 valence electrons. The second-order valence-corrected chi connectivity index (χ2v) is 6.10. The van der Waals surface area contributed by atoms with E-state index in [1.807, 2.05) is 42.7 Å². The predicted molar refractivity (Wildman–Crippen MR) is 83.0 cm³/mol. The summed E-state index contributed by atoms with van der Waals surface area (Å²) in [5.41, 5.74) is 1.06. The van der Waals surface area contributed by atoms with Gasteiger partial charge in [-0.1, -0.05) is 30.3 Å². The number of hydrogen-bond donors (Lipinski definition) is 1. The summed E-state index contributed by atoms with van der Waals surface area (Å²) >= 11 is 0. The Kier molecular flexibility index (Phi) is 3.42. The Morgan fingerprint density at radius 3 is 2.82 bits per heavy atom. The molecule has 4 rings (SSSR count). The van der Waals surface area contributed by atoms with Gasteiger partial charge in [-0.15, -0.1) is 0 Å². The Balaban J connectivity index is 1.61. The third kappa shape index (κ3) is 2.64. The number of carbonyl (C=O) groups excluding carboxylic acids is 1. The lowest BCUT2D eigenvalue weighted by Gasteiger charge is -2.34. The van der Waals surface area contributed by atoms with E-state index in [-0.39, 0.29) is 11.9 Å². The summed E-state index contributed by atoms with van der Waals surface area (Å²) in [5, 5.41) is 3.16. The number of carbonyl (C=O) groups is 1. The lowest BCUT2D eigenvalue weighted by Crippen LogP contribution is -2.44. The van der Waals surface area contributed by atoms with Crippen molar-refractivity contribution < 1.29 is 4.79 Å². The Morgan fingerprint density at radius 2 is 2.05 bits per heavy atom. The molecule has 22 heavy (non-hydrogen) atoms. The SMILES string of the molecule is O=C(NC1CC1)C(c1ccccc1)N1CCn2ccnc2C1. The molecule has 1 saturated carbocycles. The number of aromatic nitrogens is 2. The Bertz CT molecular complexity index is 662. The summed E-state index contributed by atoms with van der Waals surface area (Å²) in [7, 11) is 0. The van der Waals surface area contributed by atoms with Gasteiger partial charge in [-0.3, -0.25) is 9.69 Å². The van der Waals surface area contributed by atoms with Gasteiger partial charge in [0.05, 0.1) is 6.54 Å². The van der Waals surface area contributed by atoms with Crippen LogP contribution < -0.4 is 5.32 Å². The molecular weight excluding hydrogens is 276 g/mol. The zero-order chi connectivity index (χ0) is 14.9. The van der Waals surface area contributed by atoms with Crippen molar-refractivity contribution in [3.05, 3.63) is 54.1 Å². The van der Waals surface area contributed by atoms with Gasteiger partial charge in [-0.2, -0.15) is 0 Å². The van der Waals surface area contributed by atoms with Crippen LogP contribution in [0, 0.1) is 0 Å². The van der Waals surface area contributed by atoms with Crippen molar-refractivity contribution in [3.8, 4) is 0 Å². The highest BCUT2D eigenvalue weighted by atomic mass is 16.2. The van der Waals surface area contributed by atoms with Gasteiger partial charge in [0.2, 0.25) is 5.91 Å². The van der Waals surface area contributed by atoms with E-state index in [2.05, 4.69) is 19.8 Å². The van der Waals surface area contributed by atoms with Gasteiger partial charge in [-0.25, -0.2) is 4.98 Å². The Labute approximate surface area is 130 Å². The number of nitrogens with one attached hydrogen (secondary N) is 1. The van der Waals surface area contributed by atoms with E-state index >= 15 is 0 Å². The van der Waals surface area contributed by atoms with Crippen LogP contribution in [0.3, 0.4) is 0 Å². The van der Waals surface area contributed by atoms with Crippen molar-refractivity contribution in [2.24, 2.45) is 0 Å². The van der Waals surface area contributed by atoms with E-state index in [0.717, 1.165) is 37.3 Å². The summed E-state index contributed by atoms with van der Waals surface area (Å²) in [6.07, 6.45) is 6.06. The number of rotatable bonds is 4. The smallest absolute Gasteiger partial charge is 0.242 e. The van der Waals surface area contributed by atoms with Crippen LogP contribution in [0.5, 0.6) is 0 Å². The van der Waals surface area contributed by atoms with Gasteiger partial charge >= 0.3 is 0 Å². The van der Waals surface area contributed by atoms with E-state index in [4.69, 9.17) is 0 Å². The predicted octanol–water partition coefficient (Wildman–Crippen LogP) is 1.72. The van der Waals surface area contributed by atoms with Gasteiger partial charge in [0, 0.05) is 31.5 Å². The lowest BCUT2D eigenvalue weighted by atomic mass is 10.0. The molecule has 2 heterocycles. The quantitative estimate of drug-likeness (QED) is 0.934. The molecule has 1 aromatic heterocycles. The Hall–Kier alpha value is -2.14. The molecule has 1 aromatic carbocycles. The minimum Gasteiger partial charge on any atom is -0.352 e. The summed E-state index contributed by atoms with van der Waals surface area (Å²) in [6, 6.07) is 10.2. The first-order valence-corrected chi connectivity index (χ1v) is 7.90. The van der Waals surface area contributed by atoms with Gasteiger partial charge in [0.1, 0.15) is 11.9 Å². The standard InChI is InChI=1S/C17H20N4O/c22-17(19-14-6-7-14)16(13-4-2-1-3-5-13)21-11-10-20-9-8-18-15(20)12-21/h1-5,8-9,14,16H,6-7,10-12H2,(H,19,22). The minimum atomic E-state index is -0.229. The number of fused-ring (bicyclic) bond motifs is 1. The van der Waals surface area contributed by atoms with Crippen LogP contribution >= 0.6 is 0 Å². The number of imidazole rings is 1. The summed E-state index contributed by atoms with van der Waals surface area (Å²) in [4.78, 5) is 19.4. The maximum atomic E-state index is 12.8. The van der Waals surface area contributed by atoms with Gasteiger partial charge < -0.3 is 9.88 Å². The average Bonchev–Trinajstić information content (AvgIpc) is 3.23. The van der Waals surface area contributed by atoms with Crippen molar-refractivity contribution >= 4 is 5.91 Å². The number of nitrogens with zero attached hydrogens (tertiary/aromatic N) is 3. The molecule has 0 spiro atoms. The Morgan fingerprint density at radius 1 is 1.23 bits per heavy atom. The third-order valence-electron chi connectivity index (χ3n) is 4.43. The van der Waals surface area contributed by atoms with Crippen molar-refractivity contribution in [2.75, 3.05) is 6.54 Å². The molecule has 1 amide bonds. The summed E-state index contributed by atoms with van der Waals surface area (Å²) in [6.45, 7) is 2.46. The minimum absolute atomic E-state index is 0.119. The normalized spacial score (nSPS) is 19.5. The second kappa shape index (κ2) is 5.57. The fraction of sp³-hybridized carbons (Fsp3) is 0.412. The molecule has 0 bridgehead atoms. The molecule has 0 radical (unpaired) electrons. The first-order valence-electron chi connectivity index (χ1n) is 7.90. The van der Waals surface area contributed by atoms with E-state index in [9.17, 15) is 4.79 Å². The van der Waals surface area contributed by atoms with Crippen molar-refractivity contribution in [3.63, 3.8) is 0 Å². The number of hydrogen-bond acceptors (Lipinski definition) is 3. The highest BCUT2D eigenvalue weighted by molar-refractivity contribution is 5.83. The van der Waals surface area contributed by atoms with Crippen molar-refractivity contribution in [1.29, 1.82) is 0 Å². The average molecular weight is 296 g/mol. The van der Waals surface area contributed by atoms with E-state index in [1.165, 1.54) is 0 Å². The van der Waals surface area contributed by atoms with Crippen molar-refractivity contribution in [1.82, 2.24) is 19.8 Å². The summed E-state index contributed by atoms with van der Waals surface area (Å²) in [5.74, 6) is 1.15. The van der Waals surface area contributed by atoms with E-state index < -0.39 is 0 Å². The highest BCUT2D eigenvalue weighted by Crippen LogP contribution is 2.27. The highest BCUT2D eigenvalue weighted by Gasteiger charge is 2.33. The van der Waals surface area contributed by atoms with Gasteiger partial charge in [-0.05, 0) is 18.4 Å². The van der Waals surface area contributed by atoms with Gasteiger partial charge in [0.15, 0.2) is 0 Å². The molecule has 1 N–H and O–H groups in total. The maximum absolute atomic E-state index is 12.8. The molecular formula is C17H20N4O. The maximum Gasteiger partial charge on any atom is 0.242 e. The van der Waals surface area contributed by atoms with Crippen LogP contribution in [0.25, 0.3) is 0 Å². The zero-order valence-electron chi connectivity index (χ0n) is 12.5. The zero-order valence-corrected chi connectivity index (χ0v) is 12.5. The van der Waals surface area contributed by atoms with Crippen molar-refractivity contribution in [2.45, 2.75) is 38.0 Å². The fourth-order valence-electron chi connectivity index (χ4n) is 3.08. The molecule has 1 aliphatic carbocycles. The molecule has 2 aromatic rings. The van der Waals surface area contributed by atoms with Crippen LogP contribution in [-0.2, 0) is 17.9 Å². The van der Waals surface area contributed by atoms with Crippen LogP contribution in [0.4, 0.5) is 0 Å². The van der Waals surface area contributed by atoms with Crippen LogP contribution in [0.15, 0.2) is 42.7 Å². The fourth-order valence-corrected chi connectivity index (χ4v) is 3.08. The number of benzene rings is 1. The first kappa shape index (κ1) is 13.5. The molecule has 0 saturated heterocycles. The van der Waals surface area contributed by atoms with E-state index in [1.54, 1.807) is 0 Å². The molecule has 5 heteroatoms. The molecule has 1 unspecified atom stereocenters. The third-order valence-corrected chi connectivity index (χ3v) is 4.43.